The third-order valence-corrected chi connectivity index (χ3v) is 4.71. The van der Waals surface area contributed by atoms with Gasteiger partial charge in [0.2, 0.25) is 0 Å². The SMILES string of the molecule is Cc1cc(I)ccc1NC(=S)NC(=O)c1ccc(-c2cccc([N+](=O)[O-])c2)o1. The molecule has 0 atom stereocenters. The molecule has 1 aromatic heterocycles. The molecular weight excluding hydrogens is 493 g/mol. The number of hydrogen-bond acceptors (Lipinski definition) is 5. The highest BCUT2D eigenvalue weighted by atomic mass is 127. The number of nitro benzene ring substituents is 1. The van der Waals surface area contributed by atoms with Gasteiger partial charge >= 0.3 is 0 Å². The molecule has 0 bridgehead atoms. The van der Waals surface area contributed by atoms with Crippen LogP contribution in [0.25, 0.3) is 11.3 Å². The number of nitro groups is 1. The Balaban J connectivity index is 1.69. The Morgan fingerprint density at radius 1 is 1.18 bits per heavy atom. The number of carbonyl (C=O) groups is 1. The normalized spacial score (nSPS) is 10.4. The second-order valence-electron chi connectivity index (χ2n) is 5.84. The molecule has 0 radical (unpaired) electrons. The number of amides is 1. The summed E-state index contributed by atoms with van der Waals surface area (Å²) in [5, 5.41) is 16.6. The average Bonchev–Trinajstić information content (AvgIpc) is 3.14. The number of nitrogens with zero attached hydrogens (tertiary/aromatic N) is 1. The number of benzene rings is 2. The Hall–Kier alpha value is -2.79. The van der Waals surface area contributed by atoms with Crippen molar-refractivity contribution in [1.82, 2.24) is 5.32 Å². The summed E-state index contributed by atoms with van der Waals surface area (Å²) in [6.07, 6.45) is 0. The number of thiocarbonyl (C=S) groups is 1. The molecule has 0 aliphatic heterocycles. The molecule has 1 heterocycles. The Kier molecular flexibility index (Phi) is 6.05. The van der Waals surface area contributed by atoms with Crippen molar-refractivity contribution in [1.29, 1.82) is 0 Å². The zero-order valence-corrected chi connectivity index (χ0v) is 17.5. The van der Waals surface area contributed by atoms with Gasteiger partial charge in [-0.05, 0) is 77.6 Å². The van der Waals surface area contributed by atoms with E-state index in [1.165, 1.54) is 18.2 Å². The van der Waals surface area contributed by atoms with E-state index in [1.807, 2.05) is 25.1 Å². The molecular formula is C19H14IN3O4S. The van der Waals surface area contributed by atoms with Gasteiger partial charge < -0.3 is 9.73 Å². The average molecular weight is 507 g/mol. The van der Waals surface area contributed by atoms with Crippen LogP contribution in [0.5, 0.6) is 0 Å². The van der Waals surface area contributed by atoms with Crippen molar-refractivity contribution in [3.63, 3.8) is 0 Å². The monoisotopic (exact) mass is 507 g/mol. The zero-order valence-electron chi connectivity index (χ0n) is 14.6. The first kappa shape index (κ1) is 20.0. The van der Waals surface area contributed by atoms with Crippen molar-refractivity contribution in [3.8, 4) is 11.3 Å². The van der Waals surface area contributed by atoms with E-state index in [0.29, 0.717) is 11.3 Å². The first-order valence-electron chi connectivity index (χ1n) is 8.06. The van der Waals surface area contributed by atoms with Gasteiger partial charge in [0.1, 0.15) is 5.76 Å². The third kappa shape index (κ3) is 4.73. The van der Waals surface area contributed by atoms with E-state index in [0.717, 1.165) is 14.8 Å². The van der Waals surface area contributed by atoms with E-state index < -0.39 is 10.8 Å². The lowest BCUT2D eigenvalue weighted by Crippen LogP contribution is -2.34. The van der Waals surface area contributed by atoms with Crippen LogP contribution >= 0.6 is 34.8 Å². The molecule has 1 amide bonds. The smallest absolute Gasteiger partial charge is 0.293 e. The van der Waals surface area contributed by atoms with Crippen molar-refractivity contribution >= 4 is 57.2 Å². The number of anilines is 1. The van der Waals surface area contributed by atoms with E-state index in [-0.39, 0.29) is 16.6 Å². The van der Waals surface area contributed by atoms with Crippen LogP contribution in [-0.4, -0.2) is 15.9 Å². The van der Waals surface area contributed by atoms with Crippen molar-refractivity contribution < 1.29 is 14.1 Å². The van der Waals surface area contributed by atoms with Crippen molar-refractivity contribution in [2.45, 2.75) is 6.92 Å². The molecule has 28 heavy (non-hydrogen) atoms. The highest BCUT2D eigenvalue weighted by molar-refractivity contribution is 14.1. The van der Waals surface area contributed by atoms with E-state index >= 15 is 0 Å². The Bertz CT molecular complexity index is 1080. The number of halogens is 1. The maximum atomic E-state index is 12.4. The second kappa shape index (κ2) is 8.48. The number of hydrogen-bond donors (Lipinski definition) is 2. The van der Waals surface area contributed by atoms with Crippen LogP contribution in [0.3, 0.4) is 0 Å². The molecule has 3 rings (SSSR count). The molecule has 0 spiro atoms. The zero-order chi connectivity index (χ0) is 20.3. The molecule has 7 nitrogen and oxygen atoms in total. The van der Waals surface area contributed by atoms with Crippen molar-refractivity contribution in [2.24, 2.45) is 0 Å². The van der Waals surface area contributed by atoms with Gasteiger partial charge in [-0.25, -0.2) is 0 Å². The Morgan fingerprint density at radius 2 is 1.96 bits per heavy atom. The third-order valence-electron chi connectivity index (χ3n) is 3.83. The summed E-state index contributed by atoms with van der Waals surface area (Å²) in [5.74, 6) is -0.122. The maximum absolute atomic E-state index is 12.4. The molecule has 9 heteroatoms. The molecule has 0 saturated carbocycles. The minimum absolute atomic E-state index is 0.0463. The Morgan fingerprint density at radius 3 is 2.68 bits per heavy atom. The van der Waals surface area contributed by atoms with Gasteiger partial charge in [0.15, 0.2) is 10.9 Å². The van der Waals surface area contributed by atoms with Crippen LogP contribution < -0.4 is 10.6 Å². The summed E-state index contributed by atoms with van der Waals surface area (Å²) in [6.45, 7) is 1.94. The van der Waals surface area contributed by atoms with Gasteiger partial charge in [-0.2, -0.15) is 0 Å². The quantitative estimate of drug-likeness (QED) is 0.226. The lowest BCUT2D eigenvalue weighted by Gasteiger charge is -2.11. The highest BCUT2D eigenvalue weighted by Crippen LogP contribution is 2.25. The number of non-ortho nitro benzene ring substituents is 1. The first-order chi connectivity index (χ1) is 13.3. The minimum Gasteiger partial charge on any atom is -0.451 e. The van der Waals surface area contributed by atoms with E-state index in [9.17, 15) is 14.9 Å². The molecule has 0 aliphatic carbocycles. The molecule has 0 fully saturated rings. The molecule has 142 valence electrons. The van der Waals surface area contributed by atoms with Gasteiger partial charge in [-0.15, -0.1) is 0 Å². The number of aryl methyl sites for hydroxylation is 1. The topological polar surface area (TPSA) is 97.4 Å². The van der Waals surface area contributed by atoms with Gasteiger partial charge in [0.05, 0.1) is 4.92 Å². The number of furan rings is 1. The van der Waals surface area contributed by atoms with Gasteiger partial charge in [-0.3, -0.25) is 20.2 Å². The van der Waals surface area contributed by atoms with E-state index in [1.54, 1.807) is 18.2 Å². The fourth-order valence-electron chi connectivity index (χ4n) is 2.47. The molecule has 0 unspecified atom stereocenters. The molecule has 0 aliphatic rings. The van der Waals surface area contributed by atoms with Crippen molar-refractivity contribution in [2.75, 3.05) is 5.32 Å². The summed E-state index contributed by atoms with van der Waals surface area (Å²) in [4.78, 5) is 22.8. The van der Waals surface area contributed by atoms with Crippen LogP contribution in [0.2, 0.25) is 0 Å². The maximum Gasteiger partial charge on any atom is 0.293 e. The largest absolute Gasteiger partial charge is 0.451 e. The summed E-state index contributed by atoms with van der Waals surface area (Å²) in [6, 6.07) is 14.8. The van der Waals surface area contributed by atoms with Crippen LogP contribution in [-0.2, 0) is 0 Å². The summed E-state index contributed by atoms with van der Waals surface area (Å²) < 4.78 is 6.63. The van der Waals surface area contributed by atoms with Crippen LogP contribution in [0.1, 0.15) is 16.1 Å². The fraction of sp³-hybridized carbons (Fsp3) is 0.0526. The summed E-state index contributed by atoms with van der Waals surface area (Å²) in [7, 11) is 0. The Labute approximate surface area is 179 Å². The molecule has 2 N–H and O–H groups in total. The van der Waals surface area contributed by atoms with Gasteiger partial charge in [0, 0.05) is 27.0 Å². The predicted molar refractivity (Wildman–Crippen MR) is 118 cm³/mol. The van der Waals surface area contributed by atoms with Crippen LogP contribution in [0.15, 0.2) is 59.0 Å². The van der Waals surface area contributed by atoms with E-state index in [2.05, 4.69) is 33.2 Å². The lowest BCUT2D eigenvalue weighted by molar-refractivity contribution is -0.384. The molecule has 3 aromatic rings. The summed E-state index contributed by atoms with van der Waals surface area (Å²) in [5.41, 5.74) is 2.23. The standard InChI is InChI=1S/C19H14IN3O4S/c1-11-9-13(20)5-6-15(11)21-19(28)22-18(24)17-8-7-16(27-17)12-3-2-4-14(10-12)23(25)26/h2-10H,1H3,(H2,21,22,24,28). The van der Waals surface area contributed by atoms with Crippen LogP contribution in [0.4, 0.5) is 11.4 Å². The van der Waals surface area contributed by atoms with E-state index in [4.69, 9.17) is 16.6 Å². The number of nitrogens with one attached hydrogen (secondary N) is 2. The second-order valence-corrected chi connectivity index (χ2v) is 7.49. The van der Waals surface area contributed by atoms with Gasteiger partial charge in [-0.1, -0.05) is 12.1 Å². The fourth-order valence-corrected chi connectivity index (χ4v) is 3.32. The predicted octanol–water partition coefficient (Wildman–Crippen LogP) is 4.89. The molecule has 0 saturated heterocycles. The van der Waals surface area contributed by atoms with Crippen molar-refractivity contribution in [3.05, 3.63) is 79.6 Å². The first-order valence-corrected chi connectivity index (χ1v) is 9.55. The lowest BCUT2D eigenvalue weighted by atomic mass is 10.1. The molecule has 2 aromatic carbocycles. The minimum atomic E-state index is -0.516. The van der Waals surface area contributed by atoms with Gasteiger partial charge in [0.25, 0.3) is 11.6 Å². The highest BCUT2D eigenvalue weighted by Gasteiger charge is 2.15. The summed E-state index contributed by atoms with van der Waals surface area (Å²) >= 11 is 7.41. The van der Waals surface area contributed by atoms with Crippen LogP contribution in [0, 0.1) is 20.6 Å². The number of rotatable bonds is 4. The number of carbonyl (C=O) groups excluding carboxylic acids is 1.